The number of benzene rings is 1. The molecule has 1 aromatic rings. The van der Waals surface area contributed by atoms with Gasteiger partial charge in [0.15, 0.2) is 0 Å². The van der Waals surface area contributed by atoms with Gasteiger partial charge in [-0.15, -0.1) is 12.4 Å². The molecule has 0 spiro atoms. The van der Waals surface area contributed by atoms with Gasteiger partial charge in [0.25, 0.3) is 0 Å². The molecule has 148 valence electrons. The number of hydrogen-bond acceptors (Lipinski definition) is 6. The third-order valence-electron chi connectivity index (χ3n) is 4.11. The van der Waals surface area contributed by atoms with E-state index in [0.717, 1.165) is 49.9 Å². The smallest absolute Gasteiger partial charge is 0.237 e. The summed E-state index contributed by atoms with van der Waals surface area (Å²) in [6, 6.07) is 7.38. The van der Waals surface area contributed by atoms with Gasteiger partial charge in [-0.05, 0) is 36.1 Å². The summed E-state index contributed by atoms with van der Waals surface area (Å²) in [5, 5.41) is 2.89. The molecule has 1 saturated heterocycles. The highest BCUT2D eigenvalue weighted by Crippen LogP contribution is 2.13. The van der Waals surface area contributed by atoms with E-state index in [1.54, 1.807) is 11.8 Å². The molecule has 0 aliphatic carbocycles. The van der Waals surface area contributed by atoms with Crippen molar-refractivity contribution >= 4 is 30.1 Å². The normalized spacial score (nSPS) is 15.8. The van der Waals surface area contributed by atoms with Gasteiger partial charge in [0.05, 0.1) is 19.3 Å². The number of morpholine rings is 1. The summed E-state index contributed by atoms with van der Waals surface area (Å²) < 4.78 is 11.2. The second-order valence-corrected chi connectivity index (χ2v) is 7.04. The summed E-state index contributed by atoms with van der Waals surface area (Å²) in [5.41, 5.74) is 6.88. The lowest BCUT2D eigenvalue weighted by Crippen LogP contribution is -2.40. The van der Waals surface area contributed by atoms with Crippen molar-refractivity contribution in [2.24, 2.45) is 5.73 Å². The summed E-state index contributed by atoms with van der Waals surface area (Å²) >= 11 is 1.69. The SMILES string of the molecule is CSCC[C@H](N)C(=O)NCc1cccc(OCCN2CCOCC2)c1.Cl. The summed E-state index contributed by atoms with van der Waals surface area (Å²) in [4.78, 5) is 14.3. The van der Waals surface area contributed by atoms with Crippen LogP contribution in [0.3, 0.4) is 0 Å². The number of amides is 1. The maximum atomic E-state index is 12.0. The first-order valence-corrected chi connectivity index (χ1v) is 10.1. The van der Waals surface area contributed by atoms with Crippen molar-refractivity contribution in [3.05, 3.63) is 29.8 Å². The van der Waals surface area contributed by atoms with Gasteiger partial charge in [-0.25, -0.2) is 0 Å². The minimum Gasteiger partial charge on any atom is -0.492 e. The number of hydrogen-bond donors (Lipinski definition) is 2. The molecule has 3 N–H and O–H groups in total. The van der Waals surface area contributed by atoms with E-state index < -0.39 is 6.04 Å². The average molecular weight is 404 g/mol. The van der Waals surface area contributed by atoms with Gasteiger partial charge < -0.3 is 20.5 Å². The Morgan fingerprint density at radius 3 is 2.92 bits per heavy atom. The van der Waals surface area contributed by atoms with Crippen LogP contribution < -0.4 is 15.8 Å². The molecule has 8 heteroatoms. The first kappa shape index (κ1) is 23.0. The maximum Gasteiger partial charge on any atom is 0.237 e. The van der Waals surface area contributed by atoms with Crippen molar-refractivity contribution in [2.45, 2.75) is 19.0 Å². The van der Waals surface area contributed by atoms with Crippen molar-refractivity contribution in [3.63, 3.8) is 0 Å². The van der Waals surface area contributed by atoms with E-state index >= 15 is 0 Å². The molecule has 0 aromatic heterocycles. The predicted molar refractivity (Wildman–Crippen MR) is 109 cm³/mol. The van der Waals surface area contributed by atoms with Crippen LogP contribution in [0.2, 0.25) is 0 Å². The Morgan fingerprint density at radius 2 is 2.19 bits per heavy atom. The third-order valence-corrected chi connectivity index (χ3v) is 4.76. The van der Waals surface area contributed by atoms with E-state index in [4.69, 9.17) is 15.2 Å². The molecule has 1 amide bonds. The largest absolute Gasteiger partial charge is 0.492 e. The van der Waals surface area contributed by atoms with Gasteiger partial charge in [-0.3, -0.25) is 9.69 Å². The number of nitrogens with zero attached hydrogens (tertiary/aromatic N) is 1. The summed E-state index contributed by atoms with van der Waals surface area (Å²) in [6.45, 7) is 5.54. The van der Waals surface area contributed by atoms with Crippen LogP contribution in [-0.2, 0) is 16.1 Å². The number of carbonyl (C=O) groups is 1. The number of nitrogens with one attached hydrogen (secondary N) is 1. The Labute approximate surface area is 166 Å². The molecule has 1 heterocycles. The molecule has 1 aliphatic rings. The molecular weight excluding hydrogens is 374 g/mol. The molecule has 1 aromatic carbocycles. The van der Waals surface area contributed by atoms with Crippen molar-refractivity contribution < 1.29 is 14.3 Å². The standard InChI is InChI=1S/C18H29N3O3S.ClH/c1-25-12-5-17(19)18(22)20-14-15-3-2-4-16(13-15)24-11-8-21-6-9-23-10-7-21;/h2-4,13,17H,5-12,14,19H2,1H3,(H,20,22);1H/t17-;/m0./s1. The Balaban J connectivity index is 0.00000338. The maximum absolute atomic E-state index is 12.0. The van der Waals surface area contributed by atoms with Gasteiger partial charge in [0, 0.05) is 26.2 Å². The number of nitrogens with two attached hydrogens (primary N) is 1. The van der Waals surface area contributed by atoms with E-state index in [0.29, 0.717) is 19.6 Å². The van der Waals surface area contributed by atoms with E-state index in [1.807, 2.05) is 30.5 Å². The number of rotatable bonds is 10. The summed E-state index contributed by atoms with van der Waals surface area (Å²) in [5.74, 6) is 1.61. The lowest BCUT2D eigenvalue weighted by atomic mass is 10.2. The molecule has 26 heavy (non-hydrogen) atoms. The van der Waals surface area contributed by atoms with Gasteiger partial charge in [-0.2, -0.15) is 11.8 Å². The Hall–Kier alpha value is -0.990. The summed E-state index contributed by atoms with van der Waals surface area (Å²) in [7, 11) is 0. The highest BCUT2D eigenvalue weighted by molar-refractivity contribution is 7.98. The Bertz CT molecular complexity index is 530. The number of carbonyl (C=O) groups excluding carboxylic acids is 1. The van der Waals surface area contributed by atoms with Gasteiger partial charge >= 0.3 is 0 Å². The zero-order chi connectivity index (χ0) is 17.9. The summed E-state index contributed by atoms with van der Waals surface area (Å²) in [6.07, 6.45) is 2.70. The molecule has 0 radical (unpaired) electrons. The van der Waals surface area contributed by atoms with Crippen LogP contribution in [0, 0.1) is 0 Å². The fraction of sp³-hybridized carbons (Fsp3) is 0.611. The highest BCUT2D eigenvalue weighted by Gasteiger charge is 2.12. The molecular formula is C18H30ClN3O3S. The Morgan fingerprint density at radius 1 is 1.42 bits per heavy atom. The van der Waals surface area contributed by atoms with Crippen LogP contribution in [0.25, 0.3) is 0 Å². The lowest BCUT2D eigenvalue weighted by Gasteiger charge is -2.26. The van der Waals surface area contributed by atoms with Crippen molar-refractivity contribution in [1.82, 2.24) is 10.2 Å². The topological polar surface area (TPSA) is 76.8 Å². The van der Waals surface area contributed by atoms with Crippen molar-refractivity contribution in [1.29, 1.82) is 0 Å². The number of thioether (sulfide) groups is 1. The van der Waals surface area contributed by atoms with Crippen molar-refractivity contribution in [3.8, 4) is 5.75 Å². The van der Waals surface area contributed by atoms with Crippen LogP contribution in [0.4, 0.5) is 0 Å². The van der Waals surface area contributed by atoms with Gasteiger partial charge in [0.2, 0.25) is 5.91 Å². The van der Waals surface area contributed by atoms with E-state index in [-0.39, 0.29) is 18.3 Å². The van der Waals surface area contributed by atoms with Crippen LogP contribution in [0.15, 0.2) is 24.3 Å². The monoisotopic (exact) mass is 403 g/mol. The van der Waals surface area contributed by atoms with Gasteiger partial charge in [0.1, 0.15) is 12.4 Å². The second-order valence-electron chi connectivity index (χ2n) is 6.06. The minimum absolute atomic E-state index is 0. The lowest BCUT2D eigenvalue weighted by molar-refractivity contribution is -0.122. The van der Waals surface area contributed by atoms with Crippen LogP contribution in [0.5, 0.6) is 5.75 Å². The van der Waals surface area contributed by atoms with Crippen LogP contribution in [0.1, 0.15) is 12.0 Å². The zero-order valence-electron chi connectivity index (χ0n) is 15.3. The second kappa shape index (κ2) is 13.2. The fourth-order valence-corrected chi connectivity index (χ4v) is 3.05. The zero-order valence-corrected chi connectivity index (χ0v) is 16.9. The fourth-order valence-electron chi connectivity index (χ4n) is 2.56. The molecule has 6 nitrogen and oxygen atoms in total. The number of halogens is 1. The van der Waals surface area contributed by atoms with E-state index in [2.05, 4.69) is 10.2 Å². The minimum atomic E-state index is -0.444. The molecule has 0 unspecified atom stereocenters. The molecule has 1 fully saturated rings. The van der Waals surface area contributed by atoms with E-state index in [1.165, 1.54) is 0 Å². The average Bonchev–Trinajstić information content (AvgIpc) is 2.65. The quantitative estimate of drug-likeness (QED) is 0.616. The molecule has 2 rings (SSSR count). The van der Waals surface area contributed by atoms with Crippen LogP contribution in [-0.4, -0.2) is 68.3 Å². The predicted octanol–water partition coefficient (Wildman–Crippen LogP) is 1.52. The third kappa shape index (κ3) is 8.60. The molecule has 0 bridgehead atoms. The molecule has 1 atom stereocenters. The molecule has 0 saturated carbocycles. The van der Waals surface area contributed by atoms with E-state index in [9.17, 15) is 4.79 Å². The Kier molecular flexibility index (Phi) is 11.7. The first-order valence-electron chi connectivity index (χ1n) is 8.73. The molecule has 1 aliphatic heterocycles. The van der Waals surface area contributed by atoms with Crippen molar-refractivity contribution in [2.75, 3.05) is 51.5 Å². The highest BCUT2D eigenvalue weighted by atomic mass is 35.5. The number of ether oxygens (including phenoxy) is 2. The van der Waals surface area contributed by atoms with Crippen LogP contribution >= 0.6 is 24.2 Å². The van der Waals surface area contributed by atoms with Gasteiger partial charge in [-0.1, -0.05) is 12.1 Å². The first-order chi connectivity index (χ1) is 12.2.